The number of nitrogen functional groups attached to an aromatic ring is 1. The molecule has 5 heteroatoms. The Hall–Kier alpha value is -1.91. The van der Waals surface area contributed by atoms with E-state index in [2.05, 4.69) is 24.0 Å². The van der Waals surface area contributed by atoms with Crippen molar-refractivity contribution < 1.29 is 4.39 Å². The monoisotopic (exact) mass is 234 g/mol. The van der Waals surface area contributed by atoms with Crippen LogP contribution in [0, 0.1) is 11.7 Å². The molecule has 4 nitrogen and oxygen atoms in total. The average molecular weight is 234 g/mol. The Kier molecular flexibility index (Phi) is 3.08. The molecule has 0 aliphatic carbocycles. The normalized spacial score (nSPS) is 11.1. The minimum atomic E-state index is -0.326. The Morgan fingerprint density at radius 3 is 2.88 bits per heavy atom. The second-order valence-corrected chi connectivity index (χ2v) is 4.43. The number of hydrogen-bond acceptors (Lipinski definition) is 3. The Bertz CT molecular complexity index is 519. The molecule has 1 aromatic carbocycles. The number of rotatable bonds is 3. The molecule has 17 heavy (non-hydrogen) atoms. The van der Waals surface area contributed by atoms with Gasteiger partial charge >= 0.3 is 0 Å². The van der Waals surface area contributed by atoms with E-state index in [-0.39, 0.29) is 5.82 Å². The highest BCUT2D eigenvalue weighted by molar-refractivity contribution is 5.71. The van der Waals surface area contributed by atoms with Crippen LogP contribution in [0.5, 0.6) is 0 Å². The molecule has 2 aromatic rings. The molecule has 0 saturated carbocycles. The van der Waals surface area contributed by atoms with Gasteiger partial charge in [0.15, 0.2) is 5.82 Å². The first kappa shape index (κ1) is 11.6. The molecule has 0 saturated heterocycles. The summed E-state index contributed by atoms with van der Waals surface area (Å²) in [5.41, 5.74) is 6.92. The molecule has 0 bridgehead atoms. The molecule has 2 N–H and O–H groups in total. The molecule has 0 spiro atoms. The molecular weight excluding hydrogens is 219 g/mol. The van der Waals surface area contributed by atoms with Crippen LogP contribution in [-0.4, -0.2) is 14.8 Å². The second-order valence-electron chi connectivity index (χ2n) is 4.43. The molecule has 0 unspecified atom stereocenters. The number of nitrogens with zero attached hydrogens (tertiary/aromatic N) is 3. The summed E-state index contributed by atoms with van der Waals surface area (Å²) in [5.74, 6) is 0.739. The molecule has 1 heterocycles. The molecule has 0 fully saturated rings. The van der Waals surface area contributed by atoms with Crippen LogP contribution < -0.4 is 5.73 Å². The molecule has 0 aliphatic heterocycles. The molecule has 0 amide bonds. The molecule has 1 aromatic heterocycles. The van der Waals surface area contributed by atoms with E-state index in [4.69, 9.17) is 5.73 Å². The van der Waals surface area contributed by atoms with Crippen molar-refractivity contribution in [2.45, 2.75) is 20.4 Å². The summed E-state index contributed by atoms with van der Waals surface area (Å²) in [5, 5.41) is 7.87. The van der Waals surface area contributed by atoms with E-state index in [0.717, 1.165) is 6.54 Å². The van der Waals surface area contributed by atoms with Crippen LogP contribution in [0.2, 0.25) is 0 Å². The molecule has 0 radical (unpaired) electrons. The zero-order chi connectivity index (χ0) is 12.4. The maximum Gasteiger partial charge on any atom is 0.165 e. The molecule has 90 valence electrons. The van der Waals surface area contributed by atoms with Gasteiger partial charge in [-0.15, -0.1) is 10.2 Å². The highest BCUT2D eigenvalue weighted by Gasteiger charge is 2.12. The number of hydrogen-bond donors (Lipinski definition) is 1. The third-order valence-electron chi connectivity index (χ3n) is 2.43. The fourth-order valence-electron chi connectivity index (χ4n) is 1.71. The van der Waals surface area contributed by atoms with E-state index < -0.39 is 0 Å². The first-order valence-corrected chi connectivity index (χ1v) is 5.51. The van der Waals surface area contributed by atoms with Gasteiger partial charge in [0.05, 0.1) is 0 Å². The van der Waals surface area contributed by atoms with E-state index in [1.54, 1.807) is 12.4 Å². The maximum atomic E-state index is 13.2. The minimum Gasteiger partial charge on any atom is -0.398 e. The highest BCUT2D eigenvalue weighted by atomic mass is 19.1. The van der Waals surface area contributed by atoms with Crippen molar-refractivity contribution in [2.24, 2.45) is 5.92 Å². The van der Waals surface area contributed by atoms with Gasteiger partial charge in [0, 0.05) is 17.8 Å². The van der Waals surface area contributed by atoms with E-state index >= 15 is 0 Å². The van der Waals surface area contributed by atoms with Crippen LogP contribution in [0.4, 0.5) is 10.1 Å². The smallest absolute Gasteiger partial charge is 0.165 e. The standard InChI is InChI=1S/C12H15FN4/c1-8(2)6-17-7-15-16-12(17)10-5-9(13)3-4-11(10)14/h3-5,7-8H,6,14H2,1-2H3. The number of anilines is 1. The molecule has 0 aliphatic rings. The lowest BCUT2D eigenvalue weighted by Crippen LogP contribution is -2.06. The van der Waals surface area contributed by atoms with Crippen LogP contribution in [0.25, 0.3) is 11.4 Å². The lowest BCUT2D eigenvalue weighted by Gasteiger charge is -2.10. The van der Waals surface area contributed by atoms with Crippen molar-refractivity contribution in [3.8, 4) is 11.4 Å². The first-order valence-electron chi connectivity index (χ1n) is 5.51. The largest absolute Gasteiger partial charge is 0.398 e. The lowest BCUT2D eigenvalue weighted by molar-refractivity contribution is 0.525. The quantitative estimate of drug-likeness (QED) is 0.829. The Labute approximate surface area is 99.3 Å². The van der Waals surface area contributed by atoms with Crippen molar-refractivity contribution in [2.75, 3.05) is 5.73 Å². The summed E-state index contributed by atoms with van der Waals surface area (Å²) in [6, 6.07) is 4.26. The number of halogens is 1. The first-order chi connectivity index (χ1) is 8.08. The predicted molar refractivity (Wildman–Crippen MR) is 64.7 cm³/mol. The number of benzene rings is 1. The van der Waals surface area contributed by atoms with Gasteiger partial charge in [-0.1, -0.05) is 13.8 Å². The zero-order valence-electron chi connectivity index (χ0n) is 9.89. The van der Waals surface area contributed by atoms with Crippen molar-refractivity contribution >= 4 is 5.69 Å². The molecular formula is C12H15FN4. The van der Waals surface area contributed by atoms with E-state index in [0.29, 0.717) is 23.0 Å². The van der Waals surface area contributed by atoms with Gasteiger partial charge in [-0.3, -0.25) is 0 Å². The molecule has 2 rings (SSSR count). The summed E-state index contributed by atoms with van der Waals surface area (Å²) >= 11 is 0. The van der Waals surface area contributed by atoms with Crippen molar-refractivity contribution in [1.82, 2.24) is 14.8 Å². The summed E-state index contributed by atoms with van der Waals surface area (Å²) in [4.78, 5) is 0. The second kappa shape index (κ2) is 4.53. The number of aromatic nitrogens is 3. The van der Waals surface area contributed by atoms with Crippen molar-refractivity contribution in [1.29, 1.82) is 0 Å². The third-order valence-corrected chi connectivity index (χ3v) is 2.43. The van der Waals surface area contributed by atoms with Crippen molar-refractivity contribution in [3.63, 3.8) is 0 Å². The summed E-state index contributed by atoms with van der Waals surface area (Å²) in [6.07, 6.45) is 1.64. The van der Waals surface area contributed by atoms with Crippen LogP contribution in [-0.2, 0) is 6.54 Å². The lowest BCUT2D eigenvalue weighted by atomic mass is 10.1. The van der Waals surface area contributed by atoms with Gasteiger partial charge in [-0.05, 0) is 24.1 Å². The Morgan fingerprint density at radius 2 is 2.18 bits per heavy atom. The Morgan fingerprint density at radius 1 is 1.41 bits per heavy atom. The van der Waals surface area contributed by atoms with Crippen molar-refractivity contribution in [3.05, 3.63) is 30.3 Å². The van der Waals surface area contributed by atoms with Crippen LogP contribution in [0.1, 0.15) is 13.8 Å². The maximum absolute atomic E-state index is 13.2. The number of nitrogens with two attached hydrogens (primary N) is 1. The minimum absolute atomic E-state index is 0.326. The molecule has 0 atom stereocenters. The summed E-state index contributed by atoms with van der Waals surface area (Å²) < 4.78 is 15.1. The van der Waals surface area contributed by atoms with E-state index in [1.807, 2.05) is 4.57 Å². The van der Waals surface area contributed by atoms with Crippen LogP contribution in [0.15, 0.2) is 24.5 Å². The van der Waals surface area contributed by atoms with Gasteiger partial charge in [0.1, 0.15) is 12.1 Å². The zero-order valence-corrected chi connectivity index (χ0v) is 9.89. The van der Waals surface area contributed by atoms with E-state index in [1.165, 1.54) is 12.1 Å². The van der Waals surface area contributed by atoms with Crippen LogP contribution in [0.3, 0.4) is 0 Å². The average Bonchev–Trinajstić information content (AvgIpc) is 2.69. The SMILES string of the molecule is CC(C)Cn1cnnc1-c1cc(F)ccc1N. The fraction of sp³-hybridized carbons (Fsp3) is 0.333. The predicted octanol–water partition coefficient (Wildman–Crippen LogP) is 2.32. The third kappa shape index (κ3) is 2.43. The van der Waals surface area contributed by atoms with Gasteiger partial charge < -0.3 is 10.3 Å². The van der Waals surface area contributed by atoms with Gasteiger partial charge in [-0.25, -0.2) is 4.39 Å². The topological polar surface area (TPSA) is 56.7 Å². The van der Waals surface area contributed by atoms with Gasteiger partial charge in [0.25, 0.3) is 0 Å². The highest BCUT2D eigenvalue weighted by Crippen LogP contribution is 2.25. The van der Waals surface area contributed by atoms with Gasteiger partial charge in [0.2, 0.25) is 0 Å². The van der Waals surface area contributed by atoms with E-state index in [9.17, 15) is 4.39 Å². The fourth-order valence-corrected chi connectivity index (χ4v) is 1.71. The van der Waals surface area contributed by atoms with Gasteiger partial charge in [-0.2, -0.15) is 0 Å². The van der Waals surface area contributed by atoms with Crippen LogP contribution >= 0.6 is 0 Å². The summed E-state index contributed by atoms with van der Waals surface area (Å²) in [6.45, 7) is 4.97. The summed E-state index contributed by atoms with van der Waals surface area (Å²) in [7, 11) is 0. The Balaban J connectivity index is 2.45.